The third-order valence-corrected chi connectivity index (χ3v) is 7.81. The number of aromatic hydroxyl groups is 1. The first-order chi connectivity index (χ1) is 19.8. The number of amides is 4. The molecule has 3 aromatic carbocycles. The van der Waals surface area contributed by atoms with Crippen LogP contribution in [0, 0.1) is 0 Å². The molecule has 0 aromatic heterocycles. The molecular weight excluding hydrogens is 522 g/mol. The number of benzene rings is 3. The van der Waals surface area contributed by atoms with Gasteiger partial charge in [0.15, 0.2) is 0 Å². The molecule has 2 saturated heterocycles. The van der Waals surface area contributed by atoms with Gasteiger partial charge in [0.2, 0.25) is 11.8 Å². The van der Waals surface area contributed by atoms with E-state index in [1.54, 1.807) is 58.2 Å². The Labute approximate surface area is 239 Å². The summed E-state index contributed by atoms with van der Waals surface area (Å²) in [7, 11) is 3.31. The summed E-state index contributed by atoms with van der Waals surface area (Å²) in [6.07, 6.45) is -0.451. The summed E-state index contributed by atoms with van der Waals surface area (Å²) >= 11 is 0. The average molecular weight is 558 g/mol. The molecule has 5 rings (SSSR count). The van der Waals surface area contributed by atoms with Crippen LogP contribution in [0.5, 0.6) is 11.5 Å². The molecule has 3 aromatic rings. The van der Waals surface area contributed by atoms with Gasteiger partial charge < -0.3 is 25.0 Å². The van der Waals surface area contributed by atoms with Crippen molar-refractivity contribution in [2.45, 2.75) is 38.1 Å². The number of nitrogens with one attached hydrogen (secondary N) is 1. The Balaban J connectivity index is 1.45. The number of piperazine rings is 1. The molecule has 0 radical (unpaired) electrons. The first-order valence-electron chi connectivity index (χ1n) is 13.6. The minimum atomic E-state index is -0.817. The zero-order valence-electron chi connectivity index (χ0n) is 23.4. The third-order valence-electron chi connectivity index (χ3n) is 7.81. The van der Waals surface area contributed by atoms with E-state index >= 15 is 0 Å². The molecule has 2 N–H and O–H groups in total. The molecule has 0 unspecified atom stereocenters. The number of likely N-dealkylation sites (N-methyl/N-ethyl adjacent to an activating group) is 1. The highest BCUT2D eigenvalue weighted by Gasteiger charge is 2.51. The molecule has 2 heterocycles. The summed E-state index contributed by atoms with van der Waals surface area (Å²) in [5.74, 6) is 0.448. The quantitative estimate of drug-likeness (QED) is 0.463. The number of methoxy groups -OCH3 is 1. The number of rotatable bonds is 7. The SMILES string of the molecule is COc1ccc(CNC(=O)N2[C@H]3CN([C@H](C)c4ccccc4)C(=O)[C@H](Cc4ccc(O)cc4)N3C(=O)CN2C)cc1. The second-order valence-corrected chi connectivity index (χ2v) is 10.4. The highest BCUT2D eigenvalue weighted by atomic mass is 16.5. The average Bonchev–Trinajstić information content (AvgIpc) is 2.98. The normalized spacial score (nSPS) is 20.0. The zero-order valence-corrected chi connectivity index (χ0v) is 23.4. The molecule has 2 aliphatic heterocycles. The molecule has 41 heavy (non-hydrogen) atoms. The smallest absolute Gasteiger partial charge is 0.334 e. The maximum atomic E-state index is 14.1. The molecule has 0 bridgehead atoms. The molecule has 10 heteroatoms. The van der Waals surface area contributed by atoms with E-state index in [1.807, 2.05) is 61.5 Å². The van der Waals surface area contributed by atoms with Gasteiger partial charge in [-0.05, 0) is 47.9 Å². The molecule has 2 aliphatic rings. The number of urea groups is 1. The van der Waals surface area contributed by atoms with Crippen LogP contribution in [-0.4, -0.2) is 82.2 Å². The zero-order chi connectivity index (χ0) is 29.1. The van der Waals surface area contributed by atoms with Crippen molar-refractivity contribution in [3.8, 4) is 11.5 Å². The van der Waals surface area contributed by atoms with Gasteiger partial charge in [0.1, 0.15) is 23.7 Å². The summed E-state index contributed by atoms with van der Waals surface area (Å²) in [6, 6.07) is 22.3. The Morgan fingerprint density at radius 3 is 2.32 bits per heavy atom. The molecule has 0 spiro atoms. The Kier molecular flexibility index (Phi) is 8.11. The van der Waals surface area contributed by atoms with Gasteiger partial charge in [-0.1, -0.05) is 54.6 Å². The van der Waals surface area contributed by atoms with E-state index < -0.39 is 12.2 Å². The number of carbonyl (C=O) groups is 3. The van der Waals surface area contributed by atoms with Crippen LogP contribution in [0.1, 0.15) is 29.7 Å². The Morgan fingerprint density at radius 1 is 1.00 bits per heavy atom. The molecule has 0 saturated carbocycles. The number of phenols is 1. The monoisotopic (exact) mass is 557 g/mol. The van der Waals surface area contributed by atoms with Crippen molar-refractivity contribution < 1.29 is 24.2 Å². The lowest BCUT2D eigenvalue weighted by molar-refractivity contribution is -0.189. The molecule has 10 nitrogen and oxygen atoms in total. The second kappa shape index (κ2) is 11.9. The van der Waals surface area contributed by atoms with Crippen LogP contribution < -0.4 is 10.1 Å². The van der Waals surface area contributed by atoms with Gasteiger partial charge in [0.25, 0.3) is 0 Å². The lowest BCUT2D eigenvalue weighted by Crippen LogP contribution is -2.76. The minimum absolute atomic E-state index is 0.0416. The van der Waals surface area contributed by atoms with Gasteiger partial charge in [-0.2, -0.15) is 0 Å². The van der Waals surface area contributed by atoms with Crippen LogP contribution in [0.25, 0.3) is 0 Å². The van der Waals surface area contributed by atoms with Gasteiger partial charge in [-0.15, -0.1) is 0 Å². The Hall–Kier alpha value is -4.57. The predicted molar refractivity (Wildman–Crippen MR) is 153 cm³/mol. The molecule has 3 atom stereocenters. The van der Waals surface area contributed by atoms with Crippen LogP contribution in [0.4, 0.5) is 4.79 Å². The number of hydrogen-bond acceptors (Lipinski definition) is 6. The first kappa shape index (κ1) is 28.0. The van der Waals surface area contributed by atoms with Gasteiger partial charge >= 0.3 is 6.03 Å². The van der Waals surface area contributed by atoms with E-state index in [1.165, 1.54) is 0 Å². The fourth-order valence-corrected chi connectivity index (χ4v) is 5.58. The van der Waals surface area contributed by atoms with Crippen molar-refractivity contribution in [3.63, 3.8) is 0 Å². The number of hydrazine groups is 1. The predicted octanol–water partition coefficient (Wildman–Crippen LogP) is 3.14. The topological polar surface area (TPSA) is 106 Å². The number of fused-ring (bicyclic) bond motifs is 1. The molecular formula is C31H35N5O5. The summed E-state index contributed by atoms with van der Waals surface area (Å²) in [4.78, 5) is 44.6. The number of ether oxygens (including phenoxy) is 1. The van der Waals surface area contributed by atoms with E-state index in [-0.39, 0.29) is 55.7 Å². The molecule has 0 aliphatic carbocycles. The summed E-state index contributed by atoms with van der Waals surface area (Å²) in [5.41, 5.74) is 2.66. The van der Waals surface area contributed by atoms with Gasteiger partial charge in [0.05, 0.1) is 26.2 Å². The van der Waals surface area contributed by atoms with E-state index in [9.17, 15) is 19.5 Å². The van der Waals surface area contributed by atoms with E-state index in [2.05, 4.69) is 5.32 Å². The fraction of sp³-hybridized carbons (Fsp3) is 0.323. The van der Waals surface area contributed by atoms with Crippen molar-refractivity contribution in [3.05, 3.63) is 95.6 Å². The van der Waals surface area contributed by atoms with Crippen LogP contribution in [0.3, 0.4) is 0 Å². The van der Waals surface area contributed by atoms with E-state index in [4.69, 9.17) is 4.74 Å². The second-order valence-electron chi connectivity index (χ2n) is 10.4. The van der Waals surface area contributed by atoms with Crippen molar-refractivity contribution in [2.75, 3.05) is 27.2 Å². The van der Waals surface area contributed by atoms with E-state index in [0.29, 0.717) is 0 Å². The molecule has 214 valence electrons. The standard InChI is InChI=1S/C31H35N5O5/c1-21(24-7-5-4-6-8-24)34-19-28-35(27(30(34)39)17-22-9-13-25(37)14-10-22)29(38)20-33(2)36(28)31(40)32-18-23-11-15-26(41-3)16-12-23/h4-16,21,27-28,37H,17-20H2,1-3H3,(H,32,40)/t21-,27+,28+/m1/s1. The van der Waals surface area contributed by atoms with Crippen molar-refractivity contribution in [1.82, 2.24) is 25.1 Å². The van der Waals surface area contributed by atoms with Crippen LogP contribution in [0.15, 0.2) is 78.9 Å². The lowest BCUT2D eigenvalue weighted by Gasteiger charge is -2.55. The number of hydrogen-bond donors (Lipinski definition) is 2. The molecule has 2 fully saturated rings. The highest BCUT2D eigenvalue weighted by molar-refractivity contribution is 5.92. The van der Waals surface area contributed by atoms with Crippen molar-refractivity contribution >= 4 is 17.8 Å². The number of nitrogens with zero attached hydrogens (tertiary/aromatic N) is 4. The largest absolute Gasteiger partial charge is 0.508 e. The molecule has 4 amide bonds. The Morgan fingerprint density at radius 2 is 1.66 bits per heavy atom. The minimum Gasteiger partial charge on any atom is -0.508 e. The van der Waals surface area contributed by atoms with Crippen LogP contribution >= 0.6 is 0 Å². The number of carbonyl (C=O) groups excluding carboxylic acids is 3. The number of phenolic OH excluding ortho intramolecular Hbond substituents is 1. The van der Waals surface area contributed by atoms with Crippen LogP contribution in [0.2, 0.25) is 0 Å². The van der Waals surface area contributed by atoms with Gasteiger partial charge in [-0.3, -0.25) is 9.59 Å². The first-order valence-corrected chi connectivity index (χ1v) is 13.6. The Bertz CT molecular complexity index is 1380. The maximum Gasteiger partial charge on any atom is 0.334 e. The highest BCUT2D eigenvalue weighted by Crippen LogP contribution is 2.32. The van der Waals surface area contributed by atoms with Gasteiger partial charge in [0, 0.05) is 20.0 Å². The van der Waals surface area contributed by atoms with Gasteiger partial charge in [-0.25, -0.2) is 14.8 Å². The van der Waals surface area contributed by atoms with E-state index in [0.717, 1.165) is 22.4 Å². The van der Waals surface area contributed by atoms with Crippen molar-refractivity contribution in [2.24, 2.45) is 0 Å². The lowest BCUT2D eigenvalue weighted by atomic mass is 9.96. The van der Waals surface area contributed by atoms with Crippen LogP contribution in [-0.2, 0) is 22.6 Å². The summed E-state index contributed by atoms with van der Waals surface area (Å²) in [5, 5.41) is 15.9. The maximum absolute atomic E-state index is 14.1. The third kappa shape index (κ3) is 5.83. The summed E-state index contributed by atoms with van der Waals surface area (Å²) in [6.45, 7) is 2.36. The van der Waals surface area contributed by atoms with Crippen molar-refractivity contribution in [1.29, 1.82) is 0 Å². The summed E-state index contributed by atoms with van der Waals surface area (Å²) < 4.78 is 5.22. The fourth-order valence-electron chi connectivity index (χ4n) is 5.58.